The second-order valence-corrected chi connectivity index (χ2v) is 9.50. The third-order valence-electron chi connectivity index (χ3n) is 5.75. The molecular weight excluding hydrogens is 428 g/mol. The molecule has 0 aromatic heterocycles. The molecule has 1 aliphatic carbocycles. The lowest BCUT2D eigenvalue weighted by Gasteiger charge is -2.31. The maximum absolute atomic E-state index is 13.2. The molecule has 2 aromatic carbocycles. The molecule has 166 valence electrons. The van der Waals surface area contributed by atoms with Crippen LogP contribution < -0.4 is 5.32 Å². The van der Waals surface area contributed by atoms with Crippen LogP contribution in [0.1, 0.15) is 50.2 Å². The second kappa shape index (κ2) is 12.2. The lowest BCUT2D eigenvalue weighted by atomic mass is 9.95. The molecule has 1 fully saturated rings. The van der Waals surface area contributed by atoms with Crippen LogP contribution in [0.25, 0.3) is 0 Å². The zero-order valence-corrected chi connectivity index (χ0v) is 19.6. The highest BCUT2D eigenvalue weighted by molar-refractivity contribution is 7.99. The molecule has 0 saturated heterocycles. The topological polar surface area (TPSA) is 49.4 Å². The molecule has 4 nitrogen and oxygen atoms in total. The Morgan fingerprint density at radius 1 is 1.06 bits per heavy atom. The Labute approximate surface area is 194 Å². The molecular formula is C25H31ClN2O2S. The summed E-state index contributed by atoms with van der Waals surface area (Å²) < 4.78 is 0. The van der Waals surface area contributed by atoms with E-state index in [1.54, 1.807) is 16.7 Å². The monoisotopic (exact) mass is 458 g/mol. The minimum Gasteiger partial charge on any atom is -0.352 e. The van der Waals surface area contributed by atoms with E-state index in [9.17, 15) is 9.59 Å². The molecule has 1 saturated carbocycles. The Bertz CT molecular complexity index is 856. The summed E-state index contributed by atoms with van der Waals surface area (Å²) in [5.74, 6) is 0.947. The fraction of sp³-hybridized carbons (Fsp3) is 0.440. The van der Waals surface area contributed by atoms with Gasteiger partial charge in [-0.05, 0) is 37.0 Å². The van der Waals surface area contributed by atoms with E-state index in [-0.39, 0.29) is 17.9 Å². The van der Waals surface area contributed by atoms with Crippen molar-refractivity contribution in [1.82, 2.24) is 10.2 Å². The first-order chi connectivity index (χ1) is 15.0. The summed E-state index contributed by atoms with van der Waals surface area (Å²) in [5, 5.41) is 3.77. The van der Waals surface area contributed by atoms with Crippen molar-refractivity contribution < 1.29 is 9.59 Å². The van der Waals surface area contributed by atoms with Crippen LogP contribution >= 0.6 is 23.4 Å². The number of carbonyl (C=O) groups excluding carboxylic acids is 2. The van der Waals surface area contributed by atoms with Crippen molar-refractivity contribution in [1.29, 1.82) is 0 Å². The highest BCUT2D eigenvalue weighted by Crippen LogP contribution is 2.21. The van der Waals surface area contributed by atoms with Crippen LogP contribution in [-0.2, 0) is 21.9 Å². The van der Waals surface area contributed by atoms with Gasteiger partial charge in [-0.25, -0.2) is 0 Å². The molecule has 0 heterocycles. The predicted molar refractivity (Wildman–Crippen MR) is 129 cm³/mol. The SMILES string of the molecule is C[C@H](C(=O)NC1CCCCC1)N(Cc1ccccc1Cl)C(=O)CSCc1ccccc1. The van der Waals surface area contributed by atoms with Gasteiger partial charge in [0.25, 0.3) is 0 Å². The Kier molecular flexibility index (Phi) is 9.29. The van der Waals surface area contributed by atoms with E-state index in [0.717, 1.165) is 37.0 Å². The van der Waals surface area contributed by atoms with E-state index in [2.05, 4.69) is 17.4 Å². The molecule has 0 bridgehead atoms. The van der Waals surface area contributed by atoms with Crippen molar-refractivity contribution in [2.75, 3.05) is 5.75 Å². The highest BCUT2D eigenvalue weighted by atomic mass is 35.5. The van der Waals surface area contributed by atoms with Gasteiger partial charge in [-0.15, -0.1) is 11.8 Å². The zero-order valence-electron chi connectivity index (χ0n) is 18.1. The minimum absolute atomic E-state index is 0.0489. The second-order valence-electron chi connectivity index (χ2n) is 8.11. The van der Waals surface area contributed by atoms with E-state index in [4.69, 9.17) is 11.6 Å². The normalized spacial score (nSPS) is 15.3. The summed E-state index contributed by atoms with van der Waals surface area (Å²) in [6.45, 7) is 2.14. The molecule has 1 atom stereocenters. The van der Waals surface area contributed by atoms with Crippen molar-refractivity contribution in [2.24, 2.45) is 0 Å². The summed E-state index contributed by atoms with van der Waals surface area (Å²) in [6, 6.07) is 17.3. The highest BCUT2D eigenvalue weighted by Gasteiger charge is 2.28. The van der Waals surface area contributed by atoms with Crippen LogP contribution in [0.4, 0.5) is 0 Å². The van der Waals surface area contributed by atoms with Crippen LogP contribution in [0.5, 0.6) is 0 Å². The number of amides is 2. The van der Waals surface area contributed by atoms with Gasteiger partial charge in [-0.3, -0.25) is 9.59 Å². The molecule has 1 aliphatic rings. The average molecular weight is 459 g/mol. The first kappa shape index (κ1) is 23.7. The van der Waals surface area contributed by atoms with Gasteiger partial charge >= 0.3 is 0 Å². The third kappa shape index (κ3) is 7.29. The number of benzene rings is 2. The van der Waals surface area contributed by atoms with Crippen LogP contribution in [0.15, 0.2) is 54.6 Å². The summed E-state index contributed by atoms with van der Waals surface area (Å²) >= 11 is 7.92. The van der Waals surface area contributed by atoms with Crippen molar-refractivity contribution in [3.05, 3.63) is 70.7 Å². The number of rotatable bonds is 9. The van der Waals surface area contributed by atoms with Gasteiger partial charge in [0.1, 0.15) is 6.04 Å². The Morgan fingerprint density at radius 3 is 2.45 bits per heavy atom. The van der Waals surface area contributed by atoms with Gasteiger partial charge in [0.2, 0.25) is 11.8 Å². The molecule has 0 spiro atoms. The Morgan fingerprint density at radius 2 is 1.74 bits per heavy atom. The van der Waals surface area contributed by atoms with Gasteiger partial charge in [-0.2, -0.15) is 0 Å². The number of nitrogens with zero attached hydrogens (tertiary/aromatic N) is 1. The number of hydrogen-bond acceptors (Lipinski definition) is 3. The van der Waals surface area contributed by atoms with Crippen molar-refractivity contribution in [2.45, 2.75) is 63.4 Å². The molecule has 0 unspecified atom stereocenters. The largest absolute Gasteiger partial charge is 0.352 e. The smallest absolute Gasteiger partial charge is 0.242 e. The molecule has 3 rings (SSSR count). The fourth-order valence-electron chi connectivity index (χ4n) is 3.87. The van der Waals surface area contributed by atoms with Crippen LogP contribution in [0.2, 0.25) is 5.02 Å². The summed E-state index contributed by atoms with van der Waals surface area (Å²) in [5.41, 5.74) is 2.03. The van der Waals surface area contributed by atoms with Gasteiger partial charge in [0.15, 0.2) is 0 Å². The molecule has 31 heavy (non-hydrogen) atoms. The third-order valence-corrected chi connectivity index (χ3v) is 7.11. The number of nitrogens with one attached hydrogen (secondary N) is 1. The summed E-state index contributed by atoms with van der Waals surface area (Å²) in [6.07, 6.45) is 5.57. The molecule has 0 radical (unpaired) electrons. The standard InChI is InChI=1S/C25H31ClN2O2S/c1-19(25(30)27-22-13-6-3-7-14-22)28(16-21-12-8-9-15-23(21)26)24(29)18-31-17-20-10-4-2-5-11-20/h2,4-5,8-12,15,19,22H,3,6-7,13-14,16-18H2,1H3,(H,27,30)/t19-/m1/s1. The van der Waals surface area contributed by atoms with Gasteiger partial charge < -0.3 is 10.2 Å². The van der Waals surface area contributed by atoms with Crippen LogP contribution in [0.3, 0.4) is 0 Å². The molecule has 6 heteroatoms. The zero-order chi connectivity index (χ0) is 22.1. The lowest BCUT2D eigenvalue weighted by molar-refractivity contribution is -0.139. The minimum atomic E-state index is -0.553. The average Bonchev–Trinajstić information content (AvgIpc) is 2.79. The summed E-state index contributed by atoms with van der Waals surface area (Å²) in [7, 11) is 0. The van der Waals surface area contributed by atoms with E-state index in [1.165, 1.54) is 12.0 Å². The van der Waals surface area contributed by atoms with Crippen molar-refractivity contribution in [3.8, 4) is 0 Å². The van der Waals surface area contributed by atoms with Crippen LogP contribution in [-0.4, -0.2) is 34.6 Å². The van der Waals surface area contributed by atoms with Gasteiger partial charge in [-0.1, -0.05) is 79.4 Å². The Balaban J connectivity index is 1.66. The van der Waals surface area contributed by atoms with E-state index in [1.807, 2.05) is 49.4 Å². The van der Waals surface area contributed by atoms with Crippen molar-refractivity contribution in [3.63, 3.8) is 0 Å². The first-order valence-corrected chi connectivity index (χ1v) is 12.5. The molecule has 0 aliphatic heterocycles. The summed E-state index contributed by atoms with van der Waals surface area (Å²) in [4.78, 5) is 27.8. The van der Waals surface area contributed by atoms with E-state index < -0.39 is 6.04 Å². The number of halogens is 1. The maximum Gasteiger partial charge on any atom is 0.242 e. The first-order valence-electron chi connectivity index (χ1n) is 11.0. The van der Waals surface area contributed by atoms with Gasteiger partial charge in [0, 0.05) is 23.4 Å². The maximum atomic E-state index is 13.2. The number of carbonyl (C=O) groups is 2. The quantitative estimate of drug-likeness (QED) is 0.544. The molecule has 2 aromatic rings. The van der Waals surface area contributed by atoms with Gasteiger partial charge in [0.05, 0.1) is 5.75 Å². The molecule has 1 N–H and O–H groups in total. The predicted octanol–water partition coefficient (Wildman–Crippen LogP) is 5.44. The lowest BCUT2D eigenvalue weighted by Crippen LogP contribution is -2.50. The van der Waals surface area contributed by atoms with E-state index in [0.29, 0.717) is 17.3 Å². The van der Waals surface area contributed by atoms with E-state index >= 15 is 0 Å². The Hall–Kier alpha value is -1.98. The fourth-order valence-corrected chi connectivity index (χ4v) is 4.94. The van der Waals surface area contributed by atoms with Crippen molar-refractivity contribution >= 4 is 35.2 Å². The number of hydrogen-bond donors (Lipinski definition) is 1. The number of thioether (sulfide) groups is 1. The van der Waals surface area contributed by atoms with Crippen LogP contribution in [0, 0.1) is 0 Å². The molecule has 2 amide bonds.